The van der Waals surface area contributed by atoms with Crippen LogP contribution in [0.4, 0.5) is 0 Å². The number of carbonyl (C=O) groups excluding carboxylic acids is 2. The molecular weight excluding hydrogens is 367 g/mol. The summed E-state index contributed by atoms with van der Waals surface area (Å²) in [5.74, 6) is -0.947. The lowest BCUT2D eigenvalue weighted by Crippen LogP contribution is -2.14. The van der Waals surface area contributed by atoms with Crippen molar-refractivity contribution in [3.8, 4) is 0 Å². The molecule has 0 aliphatic heterocycles. The van der Waals surface area contributed by atoms with Gasteiger partial charge in [-0.2, -0.15) is 0 Å². The van der Waals surface area contributed by atoms with Crippen molar-refractivity contribution in [2.24, 2.45) is 0 Å². The van der Waals surface area contributed by atoms with Gasteiger partial charge in [0.05, 0.1) is 24.3 Å². The number of benzene rings is 2. The average molecular weight is 383 g/mol. The molecule has 132 valence electrons. The molecule has 0 spiro atoms. The number of ether oxygens (including phenoxy) is 3. The van der Waals surface area contributed by atoms with Crippen molar-refractivity contribution in [1.29, 1.82) is 0 Å². The van der Waals surface area contributed by atoms with E-state index in [1.807, 2.05) is 0 Å². The van der Waals surface area contributed by atoms with Crippen molar-refractivity contribution in [2.75, 3.05) is 26.4 Å². The number of rotatable bonds is 8. The molecule has 0 saturated heterocycles. The summed E-state index contributed by atoms with van der Waals surface area (Å²) in [5, 5.41) is 0.930. The molecule has 0 N–H and O–H groups in total. The van der Waals surface area contributed by atoms with Crippen LogP contribution in [-0.2, 0) is 14.2 Å². The maximum atomic E-state index is 11.7. The molecule has 2 aromatic carbocycles. The van der Waals surface area contributed by atoms with E-state index in [1.54, 1.807) is 36.4 Å². The minimum atomic E-state index is -0.474. The molecule has 0 amide bonds. The van der Waals surface area contributed by atoms with E-state index in [1.165, 1.54) is 12.1 Å². The quantitative estimate of drug-likeness (QED) is 0.509. The van der Waals surface area contributed by atoms with Gasteiger partial charge in [0, 0.05) is 10.0 Å². The van der Waals surface area contributed by atoms with E-state index in [4.69, 9.17) is 37.4 Å². The summed E-state index contributed by atoms with van der Waals surface area (Å²) in [4.78, 5) is 23.5. The molecule has 2 rings (SSSR count). The van der Waals surface area contributed by atoms with Crippen LogP contribution < -0.4 is 0 Å². The zero-order valence-electron chi connectivity index (χ0n) is 13.2. The zero-order chi connectivity index (χ0) is 18.1. The van der Waals surface area contributed by atoms with Crippen LogP contribution in [-0.4, -0.2) is 38.4 Å². The first-order chi connectivity index (χ1) is 12.1. The molecule has 0 aliphatic rings. The van der Waals surface area contributed by atoms with Gasteiger partial charge in [0.15, 0.2) is 0 Å². The molecule has 0 aliphatic carbocycles. The van der Waals surface area contributed by atoms with E-state index in [9.17, 15) is 9.59 Å². The molecule has 5 nitrogen and oxygen atoms in total. The highest BCUT2D eigenvalue weighted by Gasteiger charge is 2.08. The van der Waals surface area contributed by atoms with Gasteiger partial charge in [0.25, 0.3) is 0 Å². The molecule has 0 unspecified atom stereocenters. The van der Waals surface area contributed by atoms with Crippen molar-refractivity contribution >= 4 is 35.1 Å². The first kappa shape index (κ1) is 19.2. The normalized spacial score (nSPS) is 10.3. The van der Waals surface area contributed by atoms with E-state index in [0.29, 0.717) is 21.2 Å². The topological polar surface area (TPSA) is 61.8 Å². The van der Waals surface area contributed by atoms with Gasteiger partial charge in [-0.25, -0.2) is 9.59 Å². The van der Waals surface area contributed by atoms with Crippen molar-refractivity contribution < 1.29 is 23.8 Å². The van der Waals surface area contributed by atoms with Crippen molar-refractivity contribution in [1.82, 2.24) is 0 Å². The summed E-state index contributed by atoms with van der Waals surface area (Å²) in [5.41, 5.74) is 0.755. The third-order valence-corrected chi connectivity index (χ3v) is 3.51. The highest BCUT2D eigenvalue weighted by molar-refractivity contribution is 6.31. The summed E-state index contributed by atoms with van der Waals surface area (Å²) in [6, 6.07) is 13.0. The molecule has 0 saturated carbocycles. The van der Waals surface area contributed by atoms with Crippen LogP contribution in [0.5, 0.6) is 0 Å². The fourth-order valence-electron chi connectivity index (χ4n) is 1.89. The van der Waals surface area contributed by atoms with Crippen LogP contribution in [0.1, 0.15) is 20.7 Å². The summed E-state index contributed by atoms with van der Waals surface area (Å²) >= 11 is 11.6. The molecule has 0 bridgehead atoms. The van der Waals surface area contributed by atoms with Crippen LogP contribution in [0.15, 0.2) is 48.5 Å². The first-order valence-corrected chi connectivity index (χ1v) is 8.25. The van der Waals surface area contributed by atoms with Gasteiger partial charge in [-0.05, 0) is 36.4 Å². The second-order valence-electron chi connectivity index (χ2n) is 4.90. The molecular formula is C18H16Cl2O5. The van der Waals surface area contributed by atoms with Crippen molar-refractivity contribution in [3.63, 3.8) is 0 Å². The molecule has 0 heterocycles. The summed E-state index contributed by atoms with van der Waals surface area (Å²) in [7, 11) is 0. The van der Waals surface area contributed by atoms with Crippen LogP contribution >= 0.6 is 23.2 Å². The molecule has 0 radical (unpaired) electrons. The summed E-state index contributed by atoms with van der Waals surface area (Å²) in [6.07, 6.45) is 0. The lowest BCUT2D eigenvalue weighted by atomic mass is 10.2. The average Bonchev–Trinajstić information content (AvgIpc) is 2.60. The fraction of sp³-hybridized carbons (Fsp3) is 0.222. The van der Waals surface area contributed by atoms with Crippen LogP contribution in [0.3, 0.4) is 0 Å². The van der Waals surface area contributed by atoms with E-state index in [2.05, 4.69) is 0 Å². The predicted molar refractivity (Wildman–Crippen MR) is 94.3 cm³/mol. The van der Waals surface area contributed by atoms with Gasteiger partial charge in [-0.3, -0.25) is 0 Å². The number of hydrogen-bond acceptors (Lipinski definition) is 5. The van der Waals surface area contributed by atoms with Gasteiger partial charge in [0.2, 0.25) is 0 Å². The van der Waals surface area contributed by atoms with Gasteiger partial charge >= 0.3 is 11.9 Å². The Morgan fingerprint density at radius 3 is 1.56 bits per heavy atom. The number of carbonyl (C=O) groups is 2. The first-order valence-electron chi connectivity index (χ1n) is 7.49. The predicted octanol–water partition coefficient (Wildman–Crippen LogP) is 4.02. The molecule has 25 heavy (non-hydrogen) atoms. The van der Waals surface area contributed by atoms with Gasteiger partial charge in [-0.15, -0.1) is 0 Å². The molecule has 0 fully saturated rings. The Labute approximate surface area is 155 Å². The monoisotopic (exact) mass is 382 g/mol. The van der Waals surface area contributed by atoms with Crippen molar-refractivity contribution in [3.05, 3.63) is 69.7 Å². The van der Waals surface area contributed by atoms with E-state index < -0.39 is 11.9 Å². The molecule has 2 aromatic rings. The third-order valence-electron chi connectivity index (χ3n) is 3.04. The second kappa shape index (κ2) is 10.0. The molecule has 0 aromatic heterocycles. The Morgan fingerprint density at radius 1 is 0.720 bits per heavy atom. The van der Waals surface area contributed by atoms with Crippen LogP contribution in [0.25, 0.3) is 0 Å². The Kier molecular flexibility index (Phi) is 7.73. The zero-order valence-corrected chi connectivity index (χ0v) is 14.8. The maximum Gasteiger partial charge on any atom is 0.338 e. The van der Waals surface area contributed by atoms with Gasteiger partial charge in [-0.1, -0.05) is 35.3 Å². The highest BCUT2D eigenvalue weighted by Crippen LogP contribution is 2.12. The van der Waals surface area contributed by atoms with Crippen molar-refractivity contribution in [2.45, 2.75) is 0 Å². The maximum absolute atomic E-state index is 11.7. The smallest absolute Gasteiger partial charge is 0.338 e. The lowest BCUT2D eigenvalue weighted by Gasteiger charge is -2.07. The lowest BCUT2D eigenvalue weighted by molar-refractivity contribution is 0.0151. The van der Waals surface area contributed by atoms with Crippen LogP contribution in [0.2, 0.25) is 10.0 Å². The minimum Gasteiger partial charge on any atom is -0.460 e. The Balaban J connectivity index is 1.58. The van der Waals surface area contributed by atoms with Crippen LogP contribution in [0, 0.1) is 0 Å². The molecule has 7 heteroatoms. The highest BCUT2D eigenvalue weighted by atomic mass is 35.5. The van der Waals surface area contributed by atoms with E-state index in [0.717, 1.165) is 0 Å². The largest absolute Gasteiger partial charge is 0.460 e. The Morgan fingerprint density at radius 2 is 1.16 bits per heavy atom. The Bertz CT molecular complexity index is 671. The molecule has 0 atom stereocenters. The minimum absolute atomic E-state index is 0.0909. The fourth-order valence-corrected chi connectivity index (χ4v) is 2.27. The van der Waals surface area contributed by atoms with E-state index in [-0.39, 0.29) is 26.4 Å². The van der Waals surface area contributed by atoms with E-state index >= 15 is 0 Å². The second-order valence-corrected chi connectivity index (χ2v) is 5.78. The summed E-state index contributed by atoms with van der Waals surface area (Å²) in [6.45, 7) is 0.573. The van der Waals surface area contributed by atoms with Gasteiger partial charge in [0.1, 0.15) is 13.2 Å². The number of esters is 2. The standard InChI is InChI=1S/C18H16Cl2O5/c19-15-5-1-3-13(11-15)17(21)24-9-7-23-8-10-25-18(22)14-4-2-6-16(20)12-14/h1-6,11-12H,7-10H2. The van der Waals surface area contributed by atoms with Gasteiger partial charge < -0.3 is 14.2 Å². The third kappa shape index (κ3) is 6.74. The number of halogens is 2. The summed E-state index contributed by atoms with van der Waals surface area (Å²) < 4.78 is 15.3. The SMILES string of the molecule is O=C(OCCOCCOC(=O)c1cccc(Cl)c1)c1cccc(Cl)c1. The number of hydrogen-bond donors (Lipinski definition) is 0. The Hall–Kier alpha value is -2.08.